The number of carbonyl (C=O) groups is 1. The predicted octanol–water partition coefficient (Wildman–Crippen LogP) is 5.02. The molecular formula is C27H31N5O2S. The average Bonchev–Trinajstić information content (AvgIpc) is 3.35. The van der Waals surface area contributed by atoms with Gasteiger partial charge in [0, 0.05) is 35.5 Å². The molecule has 0 saturated carbocycles. The van der Waals surface area contributed by atoms with E-state index in [2.05, 4.69) is 37.4 Å². The van der Waals surface area contributed by atoms with Crippen LogP contribution in [-0.2, 0) is 0 Å². The third-order valence-corrected chi connectivity index (χ3v) is 7.69. The van der Waals surface area contributed by atoms with E-state index >= 15 is 0 Å². The standard InChI is InChI=1S/C27H31N5O2S/c1-17(2)25-23(19-7-5-8-20(16-19)34-4)29-27(35-25)32-22-10-9-18(3)15-21(22)24(30-32)26(33)31-13-6-11-28-12-14-31/h5,7-10,15-17,28H,6,11-14H2,1-4H3. The zero-order valence-electron chi connectivity index (χ0n) is 20.7. The van der Waals surface area contributed by atoms with Crippen molar-refractivity contribution in [2.24, 2.45) is 0 Å². The Balaban J connectivity index is 1.64. The number of aromatic nitrogens is 3. The first-order valence-corrected chi connectivity index (χ1v) is 12.9. The van der Waals surface area contributed by atoms with Crippen LogP contribution in [0.3, 0.4) is 0 Å². The number of hydrogen-bond acceptors (Lipinski definition) is 6. The van der Waals surface area contributed by atoms with Crippen LogP contribution in [-0.4, -0.2) is 58.9 Å². The number of rotatable bonds is 5. The predicted molar refractivity (Wildman–Crippen MR) is 141 cm³/mol. The average molecular weight is 490 g/mol. The van der Waals surface area contributed by atoms with Gasteiger partial charge in [0.05, 0.1) is 18.3 Å². The summed E-state index contributed by atoms with van der Waals surface area (Å²) in [5.74, 6) is 1.07. The lowest BCUT2D eigenvalue weighted by Gasteiger charge is -2.18. The Morgan fingerprint density at radius 2 is 2.00 bits per heavy atom. The number of nitrogens with one attached hydrogen (secondary N) is 1. The van der Waals surface area contributed by atoms with Gasteiger partial charge < -0.3 is 15.0 Å². The molecule has 1 aliphatic rings. The van der Waals surface area contributed by atoms with Crippen LogP contribution >= 0.6 is 11.3 Å². The molecule has 0 spiro atoms. The molecule has 1 aliphatic heterocycles. The summed E-state index contributed by atoms with van der Waals surface area (Å²) in [6.45, 7) is 9.55. The highest BCUT2D eigenvalue weighted by atomic mass is 32.1. The number of benzene rings is 2. The monoisotopic (exact) mass is 489 g/mol. The van der Waals surface area contributed by atoms with Crippen molar-refractivity contribution in [3.63, 3.8) is 0 Å². The molecule has 0 bridgehead atoms. The van der Waals surface area contributed by atoms with Crippen molar-refractivity contribution in [2.75, 3.05) is 33.3 Å². The highest BCUT2D eigenvalue weighted by Crippen LogP contribution is 2.37. The molecule has 1 fully saturated rings. The molecule has 3 heterocycles. The lowest BCUT2D eigenvalue weighted by Crippen LogP contribution is -2.34. The van der Waals surface area contributed by atoms with Crippen molar-refractivity contribution in [3.8, 4) is 22.1 Å². The first-order valence-electron chi connectivity index (χ1n) is 12.1. The van der Waals surface area contributed by atoms with Crippen LogP contribution in [0.25, 0.3) is 27.3 Å². The zero-order valence-corrected chi connectivity index (χ0v) is 21.5. The molecule has 0 atom stereocenters. The van der Waals surface area contributed by atoms with Crippen LogP contribution in [0.2, 0.25) is 0 Å². The first kappa shape index (κ1) is 23.5. The number of methoxy groups -OCH3 is 1. The third-order valence-electron chi connectivity index (χ3n) is 6.36. The SMILES string of the molecule is COc1cccc(-c2nc(-n3nc(C(=O)N4CCCNCC4)c4cc(C)ccc43)sc2C(C)C)c1. The second-order valence-corrected chi connectivity index (χ2v) is 10.3. The molecule has 35 heavy (non-hydrogen) atoms. The molecule has 0 radical (unpaired) electrons. The highest BCUT2D eigenvalue weighted by Gasteiger charge is 2.26. The largest absolute Gasteiger partial charge is 0.497 e. The molecule has 182 valence electrons. The molecule has 1 amide bonds. The maximum atomic E-state index is 13.6. The van der Waals surface area contributed by atoms with Crippen LogP contribution in [0.4, 0.5) is 0 Å². The van der Waals surface area contributed by atoms with Gasteiger partial charge in [-0.15, -0.1) is 0 Å². The minimum absolute atomic E-state index is 0.0169. The van der Waals surface area contributed by atoms with Gasteiger partial charge in [-0.2, -0.15) is 5.10 Å². The second-order valence-electron chi connectivity index (χ2n) is 9.27. The Labute approximate surface area is 209 Å². The van der Waals surface area contributed by atoms with E-state index in [4.69, 9.17) is 14.8 Å². The Hall–Kier alpha value is -3.23. The van der Waals surface area contributed by atoms with Crippen molar-refractivity contribution < 1.29 is 9.53 Å². The van der Waals surface area contributed by atoms with Gasteiger partial charge in [-0.25, -0.2) is 9.67 Å². The minimum Gasteiger partial charge on any atom is -0.497 e. The maximum Gasteiger partial charge on any atom is 0.275 e. The Bertz CT molecular complexity index is 1370. The van der Waals surface area contributed by atoms with Crippen LogP contribution < -0.4 is 10.1 Å². The fourth-order valence-corrected chi connectivity index (χ4v) is 5.57. The summed E-state index contributed by atoms with van der Waals surface area (Å²) in [4.78, 5) is 21.7. The molecule has 4 aromatic rings. The lowest BCUT2D eigenvalue weighted by atomic mass is 10.1. The smallest absolute Gasteiger partial charge is 0.275 e. The number of carbonyl (C=O) groups excluding carboxylic acids is 1. The number of amides is 1. The van der Waals surface area contributed by atoms with E-state index in [1.54, 1.807) is 18.4 Å². The summed E-state index contributed by atoms with van der Waals surface area (Å²) in [7, 11) is 1.67. The van der Waals surface area contributed by atoms with Crippen LogP contribution in [0, 0.1) is 6.92 Å². The van der Waals surface area contributed by atoms with Crippen molar-refractivity contribution in [1.82, 2.24) is 25.0 Å². The number of thiazole rings is 1. The van der Waals surface area contributed by atoms with Gasteiger partial charge in [0.1, 0.15) is 5.75 Å². The summed E-state index contributed by atoms with van der Waals surface area (Å²) < 4.78 is 7.29. The number of fused-ring (bicyclic) bond motifs is 1. The van der Waals surface area contributed by atoms with Gasteiger partial charge in [0.15, 0.2) is 5.69 Å². The molecule has 1 N–H and O–H groups in total. The molecule has 1 saturated heterocycles. The van der Waals surface area contributed by atoms with Crippen LogP contribution in [0.1, 0.15) is 47.1 Å². The summed E-state index contributed by atoms with van der Waals surface area (Å²) in [6.07, 6.45) is 0.942. The van der Waals surface area contributed by atoms with Gasteiger partial charge in [0.2, 0.25) is 5.13 Å². The topological polar surface area (TPSA) is 72.3 Å². The Kier molecular flexibility index (Phi) is 6.58. The van der Waals surface area contributed by atoms with E-state index in [0.717, 1.165) is 64.7 Å². The Morgan fingerprint density at radius 1 is 1.14 bits per heavy atom. The molecule has 2 aromatic carbocycles. The van der Waals surface area contributed by atoms with Gasteiger partial charge in [-0.1, -0.05) is 48.9 Å². The normalized spacial score (nSPS) is 14.5. The number of ether oxygens (including phenoxy) is 1. The fourth-order valence-electron chi connectivity index (χ4n) is 4.51. The van der Waals surface area contributed by atoms with Gasteiger partial charge in [-0.3, -0.25) is 4.79 Å². The molecule has 0 aliphatic carbocycles. The summed E-state index contributed by atoms with van der Waals surface area (Å²) in [5.41, 5.74) is 4.43. The fraction of sp³-hybridized carbons (Fsp3) is 0.370. The maximum absolute atomic E-state index is 13.6. The lowest BCUT2D eigenvalue weighted by molar-refractivity contribution is 0.0762. The minimum atomic E-state index is -0.0169. The third kappa shape index (κ3) is 4.56. The van der Waals surface area contributed by atoms with E-state index in [0.29, 0.717) is 12.2 Å². The van der Waals surface area contributed by atoms with Crippen LogP contribution in [0.15, 0.2) is 42.5 Å². The van der Waals surface area contributed by atoms with E-state index in [1.807, 2.05) is 40.8 Å². The molecule has 0 unspecified atom stereocenters. The molecule has 5 rings (SSSR count). The Morgan fingerprint density at radius 3 is 2.80 bits per heavy atom. The van der Waals surface area contributed by atoms with Gasteiger partial charge in [0.25, 0.3) is 5.91 Å². The number of nitrogens with zero attached hydrogens (tertiary/aromatic N) is 4. The van der Waals surface area contributed by atoms with Crippen molar-refractivity contribution in [3.05, 3.63) is 58.6 Å². The van der Waals surface area contributed by atoms with Gasteiger partial charge >= 0.3 is 0 Å². The zero-order chi connectivity index (χ0) is 24.5. The number of aryl methyl sites for hydroxylation is 1. The quantitative estimate of drug-likeness (QED) is 0.426. The van der Waals surface area contributed by atoms with E-state index < -0.39 is 0 Å². The van der Waals surface area contributed by atoms with E-state index in [-0.39, 0.29) is 11.8 Å². The molecular weight excluding hydrogens is 458 g/mol. The second kappa shape index (κ2) is 9.79. The van der Waals surface area contributed by atoms with Crippen LogP contribution in [0.5, 0.6) is 5.75 Å². The van der Waals surface area contributed by atoms with E-state index in [9.17, 15) is 4.79 Å². The molecule has 7 nitrogen and oxygen atoms in total. The van der Waals surface area contributed by atoms with Crippen molar-refractivity contribution in [1.29, 1.82) is 0 Å². The molecule has 2 aromatic heterocycles. The molecule has 8 heteroatoms. The number of hydrogen-bond donors (Lipinski definition) is 1. The summed E-state index contributed by atoms with van der Waals surface area (Å²) >= 11 is 1.63. The highest BCUT2D eigenvalue weighted by molar-refractivity contribution is 7.14. The van der Waals surface area contributed by atoms with E-state index in [1.165, 1.54) is 4.88 Å². The first-order chi connectivity index (χ1) is 17.0. The summed E-state index contributed by atoms with van der Waals surface area (Å²) in [6, 6.07) is 14.1. The van der Waals surface area contributed by atoms with Crippen molar-refractivity contribution >= 4 is 28.1 Å². The van der Waals surface area contributed by atoms with Crippen molar-refractivity contribution in [2.45, 2.75) is 33.1 Å². The summed E-state index contributed by atoms with van der Waals surface area (Å²) in [5, 5.41) is 9.88. The van der Waals surface area contributed by atoms with Gasteiger partial charge in [-0.05, 0) is 50.1 Å².